The lowest BCUT2D eigenvalue weighted by Gasteiger charge is -2.24. The molecule has 0 bridgehead atoms. The SMILES string of the molecule is CCNC(=NCC(C)C)NCCN(C)C(C)CC.I. The average Bonchev–Trinajstić information content (AvgIpc) is 2.34. The Labute approximate surface area is 136 Å². The molecule has 0 aromatic heterocycles. The van der Waals surface area contributed by atoms with Gasteiger partial charge in [-0.1, -0.05) is 20.8 Å². The van der Waals surface area contributed by atoms with Crippen LogP contribution < -0.4 is 10.6 Å². The molecule has 4 nitrogen and oxygen atoms in total. The predicted molar refractivity (Wildman–Crippen MR) is 96.6 cm³/mol. The number of nitrogens with one attached hydrogen (secondary N) is 2. The van der Waals surface area contributed by atoms with Crippen molar-refractivity contribution < 1.29 is 0 Å². The summed E-state index contributed by atoms with van der Waals surface area (Å²) in [6.45, 7) is 14.7. The largest absolute Gasteiger partial charge is 0.357 e. The Morgan fingerprint density at radius 2 is 1.79 bits per heavy atom. The van der Waals surface area contributed by atoms with Crippen LogP contribution in [-0.2, 0) is 0 Å². The van der Waals surface area contributed by atoms with Crippen LogP contribution in [-0.4, -0.2) is 50.1 Å². The first kappa shape index (κ1) is 21.3. The van der Waals surface area contributed by atoms with Gasteiger partial charge in [-0.05, 0) is 33.2 Å². The molecule has 5 heteroatoms. The number of rotatable bonds is 8. The summed E-state index contributed by atoms with van der Waals surface area (Å²) in [4.78, 5) is 6.92. The summed E-state index contributed by atoms with van der Waals surface area (Å²) >= 11 is 0. The standard InChI is InChI=1S/C14H32N4.HI/c1-7-13(5)18(6)10-9-16-14(15-8-2)17-11-12(3)4;/h12-13H,7-11H2,1-6H3,(H2,15,16,17);1H. The van der Waals surface area contributed by atoms with E-state index in [0.717, 1.165) is 32.1 Å². The zero-order chi connectivity index (χ0) is 14.0. The third-order valence-electron chi connectivity index (χ3n) is 3.06. The van der Waals surface area contributed by atoms with Crippen molar-refractivity contribution in [1.29, 1.82) is 0 Å². The Morgan fingerprint density at radius 1 is 1.16 bits per heavy atom. The Morgan fingerprint density at radius 3 is 2.26 bits per heavy atom. The number of hydrogen-bond donors (Lipinski definition) is 2. The summed E-state index contributed by atoms with van der Waals surface area (Å²) in [6, 6.07) is 0.641. The van der Waals surface area contributed by atoms with Gasteiger partial charge in [0.15, 0.2) is 5.96 Å². The molecule has 0 spiro atoms. The number of halogens is 1. The summed E-state index contributed by atoms with van der Waals surface area (Å²) in [6.07, 6.45) is 1.19. The first-order chi connectivity index (χ1) is 8.51. The minimum absolute atomic E-state index is 0. The van der Waals surface area contributed by atoms with Crippen molar-refractivity contribution in [3.05, 3.63) is 0 Å². The summed E-state index contributed by atoms with van der Waals surface area (Å²) < 4.78 is 0. The number of aliphatic imine (C=N–C) groups is 1. The molecule has 0 aliphatic carbocycles. The second-order valence-electron chi connectivity index (χ2n) is 5.28. The molecule has 0 saturated heterocycles. The fourth-order valence-corrected chi connectivity index (χ4v) is 1.50. The molecule has 0 radical (unpaired) electrons. The molecule has 0 aromatic rings. The van der Waals surface area contributed by atoms with Crippen molar-refractivity contribution >= 4 is 29.9 Å². The van der Waals surface area contributed by atoms with E-state index in [4.69, 9.17) is 0 Å². The Hall–Kier alpha value is -0.0400. The van der Waals surface area contributed by atoms with Gasteiger partial charge in [-0.15, -0.1) is 24.0 Å². The van der Waals surface area contributed by atoms with Gasteiger partial charge < -0.3 is 15.5 Å². The first-order valence-corrected chi connectivity index (χ1v) is 7.23. The van der Waals surface area contributed by atoms with Crippen molar-refractivity contribution in [3.8, 4) is 0 Å². The number of hydrogen-bond acceptors (Lipinski definition) is 2. The van der Waals surface area contributed by atoms with Gasteiger partial charge in [-0.25, -0.2) is 0 Å². The van der Waals surface area contributed by atoms with Crippen LogP contribution in [0.1, 0.15) is 41.0 Å². The van der Waals surface area contributed by atoms with Crippen molar-refractivity contribution in [2.45, 2.75) is 47.1 Å². The minimum Gasteiger partial charge on any atom is -0.357 e. The highest BCUT2D eigenvalue weighted by atomic mass is 127. The van der Waals surface area contributed by atoms with Crippen LogP contribution in [0.3, 0.4) is 0 Å². The highest BCUT2D eigenvalue weighted by Crippen LogP contribution is 1.98. The van der Waals surface area contributed by atoms with Crippen LogP contribution >= 0.6 is 24.0 Å². The molecule has 0 aliphatic rings. The molecule has 0 amide bonds. The summed E-state index contributed by atoms with van der Waals surface area (Å²) in [7, 11) is 2.17. The van der Waals surface area contributed by atoms with E-state index in [1.54, 1.807) is 0 Å². The summed E-state index contributed by atoms with van der Waals surface area (Å²) in [5, 5.41) is 6.66. The Balaban J connectivity index is 0. The molecule has 116 valence electrons. The molecule has 0 rings (SSSR count). The molecule has 0 heterocycles. The van der Waals surface area contributed by atoms with E-state index >= 15 is 0 Å². The maximum atomic E-state index is 4.55. The van der Waals surface area contributed by atoms with Gasteiger partial charge in [0.1, 0.15) is 0 Å². The second kappa shape index (κ2) is 13.0. The highest BCUT2D eigenvalue weighted by Gasteiger charge is 2.06. The van der Waals surface area contributed by atoms with Gasteiger partial charge in [0, 0.05) is 32.2 Å². The predicted octanol–water partition coefficient (Wildman–Crippen LogP) is 2.55. The first-order valence-electron chi connectivity index (χ1n) is 7.23. The van der Waals surface area contributed by atoms with E-state index in [1.165, 1.54) is 6.42 Å². The Bertz CT molecular complexity index is 231. The van der Waals surface area contributed by atoms with Crippen LogP contribution in [0.2, 0.25) is 0 Å². The van der Waals surface area contributed by atoms with Gasteiger partial charge in [0.25, 0.3) is 0 Å². The maximum Gasteiger partial charge on any atom is 0.191 e. The van der Waals surface area contributed by atoms with Gasteiger partial charge in [-0.2, -0.15) is 0 Å². The fourth-order valence-electron chi connectivity index (χ4n) is 1.50. The van der Waals surface area contributed by atoms with Crippen LogP contribution in [0.25, 0.3) is 0 Å². The Kier molecular flexibility index (Phi) is 14.5. The summed E-state index contributed by atoms with van der Waals surface area (Å²) in [5.74, 6) is 1.53. The van der Waals surface area contributed by atoms with Gasteiger partial charge in [0.05, 0.1) is 0 Å². The molecule has 1 atom stereocenters. The van der Waals surface area contributed by atoms with E-state index in [1.807, 2.05) is 0 Å². The van der Waals surface area contributed by atoms with Crippen LogP contribution in [0.5, 0.6) is 0 Å². The van der Waals surface area contributed by atoms with Crippen molar-refractivity contribution in [3.63, 3.8) is 0 Å². The van der Waals surface area contributed by atoms with Crippen molar-refractivity contribution in [1.82, 2.24) is 15.5 Å². The molecule has 0 aromatic carbocycles. The zero-order valence-corrected chi connectivity index (χ0v) is 15.8. The highest BCUT2D eigenvalue weighted by molar-refractivity contribution is 14.0. The zero-order valence-electron chi connectivity index (χ0n) is 13.5. The molecule has 0 aliphatic heterocycles. The second-order valence-corrected chi connectivity index (χ2v) is 5.28. The molecular weight excluding hydrogens is 351 g/mol. The topological polar surface area (TPSA) is 39.7 Å². The van der Waals surface area contributed by atoms with Gasteiger partial charge >= 0.3 is 0 Å². The third kappa shape index (κ3) is 11.5. The van der Waals surface area contributed by atoms with Gasteiger partial charge in [-0.3, -0.25) is 4.99 Å². The lowest BCUT2D eigenvalue weighted by atomic mass is 10.2. The molecule has 19 heavy (non-hydrogen) atoms. The smallest absolute Gasteiger partial charge is 0.191 e. The quantitative estimate of drug-likeness (QED) is 0.384. The van der Waals surface area contributed by atoms with E-state index in [-0.39, 0.29) is 24.0 Å². The third-order valence-corrected chi connectivity index (χ3v) is 3.06. The van der Waals surface area contributed by atoms with E-state index < -0.39 is 0 Å². The van der Waals surface area contributed by atoms with Crippen LogP contribution in [0, 0.1) is 5.92 Å². The number of guanidine groups is 1. The molecule has 0 fully saturated rings. The maximum absolute atomic E-state index is 4.55. The fraction of sp³-hybridized carbons (Fsp3) is 0.929. The molecule has 0 saturated carbocycles. The normalized spacial score (nSPS) is 13.4. The summed E-state index contributed by atoms with van der Waals surface area (Å²) in [5.41, 5.74) is 0. The van der Waals surface area contributed by atoms with Crippen LogP contribution in [0.15, 0.2) is 4.99 Å². The average molecular weight is 384 g/mol. The number of likely N-dealkylation sites (N-methyl/N-ethyl adjacent to an activating group) is 1. The molecular formula is C14H33IN4. The van der Waals surface area contributed by atoms with Crippen molar-refractivity contribution in [2.24, 2.45) is 10.9 Å². The van der Waals surface area contributed by atoms with Crippen LogP contribution in [0.4, 0.5) is 0 Å². The molecule has 1 unspecified atom stereocenters. The molecule has 2 N–H and O–H groups in total. The van der Waals surface area contributed by atoms with E-state index in [0.29, 0.717) is 12.0 Å². The van der Waals surface area contributed by atoms with E-state index in [9.17, 15) is 0 Å². The minimum atomic E-state index is 0. The number of nitrogens with zero attached hydrogens (tertiary/aromatic N) is 2. The van der Waals surface area contributed by atoms with Gasteiger partial charge in [0.2, 0.25) is 0 Å². The van der Waals surface area contributed by atoms with E-state index in [2.05, 4.69) is 62.2 Å². The van der Waals surface area contributed by atoms with Crippen molar-refractivity contribution in [2.75, 3.05) is 33.2 Å². The lowest BCUT2D eigenvalue weighted by Crippen LogP contribution is -2.42. The lowest BCUT2D eigenvalue weighted by molar-refractivity contribution is 0.255. The monoisotopic (exact) mass is 384 g/mol.